The maximum absolute atomic E-state index is 13.2. The van der Waals surface area contributed by atoms with E-state index in [4.69, 9.17) is 4.74 Å². The molecule has 6 heterocycles. The van der Waals surface area contributed by atoms with Gasteiger partial charge in [-0.15, -0.1) is 0 Å². The van der Waals surface area contributed by atoms with Crippen molar-refractivity contribution in [3.05, 3.63) is 88.1 Å². The van der Waals surface area contributed by atoms with Crippen molar-refractivity contribution in [3.63, 3.8) is 0 Å². The maximum Gasteiger partial charge on any atom is 0.274 e. The number of nitrogens with zero attached hydrogens (tertiary/aromatic N) is 7. The molecule has 1 amide bonds. The fourth-order valence-corrected chi connectivity index (χ4v) is 6.93. The van der Waals surface area contributed by atoms with Crippen LogP contribution in [0.4, 0.5) is 22.9 Å². The lowest BCUT2D eigenvalue weighted by Gasteiger charge is -2.43. The SMILES string of the molecule is Cc1cc2c(n1/C=C\N(C=O)c1cncc(-c3cc(Nc4ccc(N5CCN(C6COC6)CC5)cn4)c(=O)n(C)c3)c1C=O)CCCC2. The molecule has 0 bridgehead atoms. The number of carbonyl (C=O) groups is 2. The molecule has 2 aliphatic heterocycles. The lowest BCUT2D eigenvalue weighted by atomic mass is 9.98. The Kier molecular flexibility index (Phi) is 8.92. The molecule has 3 aliphatic rings. The third-order valence-electron chi connectivity index (χ3n) is 9.71. The number of hydrogen-bond donors (Lipinski definition) is 1. The van der Waals surface area contributed by atoms with E-state index in [0.29, 0.717) is 40.8 Å². The van der Waals surface area contributed by atoms with E-state index in [1.165, 1.54) is 33.3 Å². The lowest BCUT2D eigenvalue weighted by molar-refractivity contribution is -0.106. The summed E-state index contributed by atoms with van der Waals surface area (Å²) in [5.41, 5.74) is 6.49. The first-order valence-corrected chi connectivity index (χ1v) is 16.5. The number of hydrogen-bond acceptors (Lipinski definition) is 9. The minimum Gasteiger partial charge on any atom is -0.378 e. The topological polar surface area (TPSA) is 118 Å². The molecule has 1 N–H and O–H groups in total. The average Bonchev–Trinajstić information content (AvgIpc) is 3.41. The molecule has 0 unspecified atom stereocenters. The fraction of sp³-hybridized carbons (Fsp3) is 0.361. The van der Waals surface area contributed by atoms with Crippen molar-refractivity contribution in [2.24, 2.45) is 7.05 Å². The maximum atomic E-state index is 13.2. The van der Waals surface area contributed by atoms with Crippen LogP contribution in [0.2, 0.25) is 0 Å². The number of anilines is 4. The average molecular weight is 649 g/mol. The number of piperazine rings is 1. The third-order valence-corrected chi connectivity index (χ3v) is 9.71. The Labute approximate surface area is 279 Å². The number of amides is 1. The molecule has 0 radical (unpaired) electrons. The van der Waals surface area contributed by atoms with Crippen LogP contribution in [-0.4, -0.2) is 82.1 Å². The number of nitrogens with one attached hydrogen (secondary N) is 1. The molecule has 4 aromatic rings. The number of ether oxygens (including phenoxy) is 1. The van der Waals surface area contributed by atoms with Crippen LogP contribution < -0.4 is 20.7 Å². The predicted molar refractivity (Wildman–Crippen MR) is 186 cm³/mol. The summed E-state index contributed by atoms with van der Waals surface area (Å²) < 4.78 is 8.91. The Morgan fingerprint density at radius 2 is 1.83 bits per heavy atom. The van der Waals surface area contributed by atoms with Crippen molar-refractivity contribution in [3.8, 4) is 11.1 Å². The van der Waals surface area contributed by atoms with Crippen LogP contribution >= 0.6 is 0 Å². The van der Waals surface area contributed by atoms with Gasteiger partial charge in [0.1, 0.15) is 11.5 Å². The molecule has 0 aromatic carbocycles. The van der Waals surface area contributed by atoms with E-state index in [2.05, 4.69) is 42.6 Å². The highest BCUT2D eigenvalue weighted by Gasteiger charge is 2.29. The van der Waals surface area contributed by atoms with Gasteiger partial charge in [-0.2, -0.15) is 0 Å². The van der Waals surface area contributed by atoms with E-state index in [0.717, 1.165) is 76.3 Å². The Hall–Kier alpha value is -5.07. The molecule has 48 heavy (non-hydrogen) atoms. The zero-order chi connectivity index (χ0) is 33.2. The second-order valence-corrected chi connectivity index (χ2v) is 12.7. The quantitative estimate of drug-likeness (QED) is 0.255. The van der Waals surface area contributed by atoms with Crippen molar-refractivity contribution < 1.29 is 14.3 Å². The highest BCUT2D eigenvalue weighted by Crippen LogP contribution is 2.31. The van der Waals surface area contributed by atoms with Crippen molar-refractivity contribution in [1.29, 1.82) is 0 Å². The zero-order valence-electron chi connectivity index (χ0n) is 27.3. The normalized spacial score (nSPS) is 16.8. The van der Waals surface area contributed by atoms with Crippen molar-refractivity contribution in [2.75, 3.05) is 54.5 Å². The standard InChI is InChI=1S/C36H40N8O4/c1-25-15-26-5-3-4-6-33(26)44(25)14-13-43(24-46)34-19-37-18-30(31(34)21-45)27-16-32(36(47)40(2)20-27)39-35-8-7-28(17-38-35)41-9-11-42(12-10-41)29-22-48-23-29/h7-8,13-21,24,29H,3-6,9-12,22-23H2,1-2H3,(H,38,39)/b14-13-. The van der Waals surface area contributed by atoms with Crippen molar-refractivity contribution in [2.45, 2.75) is 38.6 Å². The molecule has 4 aromatic heterocycles. The van der Waals surface area contributed by atoms with E-state index in [-0.39, 0.29) is 11.1 Å². The van der Waals surface area contributed by atoms with E-state index in [1.807, 2.05) is 24.5 Å². The first-order chi connectivity index (χ1) is 23.4. The summed E-state index contributed by atoms with van der Waals surface area (Å²) in [6, 6.07) is 8.31. The van der Waals surface area contributed by atoms with Crippen LogP contribution in [0.25, 0.3) is 17.3 Å². The second-order valence-electron chi connectivity index (χ2n) is 12.7. The highest BCUT2D eigenvalue weighted by atomic mass is 16.5. The molecule has 12 heteroatoms. The summed E-state index contributed by atoms with van der Waals surface area (Å²) in [6.07, 6.45) is 15.8. The minimum absolute atomic E-state index is 0.250. The number of fused-ring (bicyclic) bond motifs is 1. The first-order valence-electron chi connectivity index (χ1n) is 16.5. The van der Waals surface area contributed by atoms with Gasteiger partial charge in [0.05, 0.1) is 43.0 Å². The number of aldehydes is 1. The first kappa shape index (κ1) is 31.5. The second kappa shape index (κ2) is 13.6. The van der Waals surface area contributed by atoms with Crippen molar-refractivity contribution in [1.82, 2.24) is 24.0 Å². The van der Waals surface area contributed by atoms with Crippen LogP contribution in [0.5, 0.6) is 0 Å². The summed E-state index contributed by atoms with van der Waals surface area (Å²) in [7, 11) is 1.65. The summed E-state index contributed by atoms with van der Waals surface area (Å²) in [5.74, 6) is 0.528. The van der Waals surface area contributed by atoms with Gasteiger partial charge in [-0.05, 0) is 62.4 Å². The Balaban J connectivity index is 1.12. The van der Waals surface area contributed by atoms with Gasteiger partial charge in [-0.1, -0.05) is 0 Å². The van der Waals surface area contributed by atoms with E-state index >= 15 is 0 Å². The summed E-state index contributed by atoms with van der Waals surface area (Å²) in [5, 5.41) is 3.17. The minimum atomic E-state index is -0.250. The summed E-state index contributed by atoms with van der Waals surface area (Å²) in [4.78, 5) is 53.3. The summed E-state index contributed by atoms with van der Waals surface area (Å²) in [6.45, 7) is 7.53. The lowest BCUT2D eigenvalue weighted by Crippen LogP contribution is -2.56. The van der Waals surface area contributed by atoms with Crippen LogP contribution in [0.1, 0.15) is 40.2 Å². The highest BCUT2D eigenvalue weighted by molar-refractivity contribution is 5.98. The monoisotopic (exact) mass is 648 g/mol. The Bertz CT molecular complexity index is 1900. The van der Waals surface area contributed by atoms with Gasteiger partial charge in [0, 0.05) is 86.1 Å². The predicted octanol–water partition coefficient (Wildman–Crippen LogP) is 4.00. The number of rotatable bonds is 10. The molecule has 248 valence electrons. The van der Waals surface area contributed by atoms with Gasteiger partial charge in [0.25, 0.3) is 5.56 Å². The van der Waals surface area contributed by atoms with E-state index in [9.17, 15) is 14.4 Å². The van der Waals surface area contributed by atoms with Gasteiger partial charge in [0.15, 0.2) is 6.29 Å². The van der Waals surface area contributed by atoms with Crippen LogP contribution in [0, 0.1) is 6.92 Å². The number of carbonyl (C=O) groups excluding carboxylic acids is 2. The fourth-order valence-electron chi connectivity index (χ4n) is 6.93. The molecular formula is C36H40N8O4. The van der Waals surface area contributed by atoms with Gasteiger partial charge < -0.3 is 24.1 Å². The molecule has 1 aliphatic carbocycles. The number of aromatic nitrogens is 4. The molecule has 2 fully saturated rings. The Morgan fingerprint density at radius 1 is 1.02 bits per heavy atom. The van der Waals surface area contributed by atoms with Gasteiger partial charge in [-0.3, -0.25) is 29.2 Å². The molecule has 2 saturated heterocycles. The molecule has 0 saturated carbocycles. The van der Waals surface area contributed by atoms with Crippen LogP contribution in [0.3, 0.4) is 0 Å². The number of pyridine rings is 3. The van der Waals surface area contributed by atoms with Crippen molar-refractivity contribution >= 4 is 41.8 Å². The molecule has 12 nitrogen and oxygen atoms in total. The van der Waals surface area contributed by atoms with Crippen LogP contribution in [0.15, 0.2) is 60.0 Å². The van der Waals surface area contributed by atoms with E-state index < -0.39 is 0 Å². The van der Waals surface area contributed by atoms with Gasteiger partial charge in [-0.25, -0.2) is 4.98 Å². The third kappa shape index (κ3) is 6.16. The summed E-state index contributed by atoms with van der Waals surface area (Å²) >= 11 is 0. The molecular weight excluding hydrogens is 608 g/mol. The zero-order valence-corrected chi connectivity index (χ0v) is 27.3. The van der Waals surface area contributed by atoms with Gasteiger partial charge >= 0.3 is 0 Å². The van der Waals surface area contributed by atoms with Gasteiger partial charge in [0.2, 0.25) is 6.41 Å². The molecule has 0 spiro atoms. The molecule has 7 rings (SSSR count). The van der Waals surface area contributed by atoms with Crippen LogP contribution in [-0.2, 0) is 29.4 Å². The number of aryl methyl sites for hydroxylation is 3. The largest absolute Gasteiger partial charge is 0.378 e. The smallest absolute Gasteiger partial charge is 0.274 e. The Morgan fingerprint density at radius 3 is 2.54 bits per heavy atom. The molecule has 0 atom stereocenters. The van der Waals surface area contributed by atoms with E-state index in [1.54, 1.807) is 31.7 Å².